The molecule has 0 heterocycles. The molecule has 0 saturated heterocycles. The standard InChI is InChI=1S/C10H12BrN/c1-2-5-10(12)8-6-3-4-7-9(8)11/h2-4,6-7,10H,1,5,12H2/t10-/m1/s1. The van der Waals surface area contributed by atoms with Crippen LogP contribution in [0.2, 0.25) is 0 Å². The average molecular weight is 226 g/mol. The smallest absolute Gasteiger partial charge is 0.0340 e. The Bertz CT molecular complexity index is 270. The topological polar surface area (TPSA) is 26.0 Å². The molecule has 1 aromatic carbocycles. The van der Waals surface area contributed by atoms with Crippen LogP contribution in [-0.2, 0) is 0 Å². The van der Waals surface area contributed by atoms with Crippen molar-refractivity contribution >= 4 is 15.9 Å². The Morgan fingerprint density at radius 2 is 2.17 bits per heavy atom. The van der Waals surface area contributed by atoms with Crippen LogP contribution in [0, 0.1) is 0 Å². The second-order valence-electron chi connectivity index (χ2n) is 2.65. The van der Waals surface area contributed by atoms with Crippen molar-refractivity contribution in [1.29, 1.82) is 0 Å². The zero-order chi connectivity index (χ0) is 8.97. The van der Waals surface area contributed by atoms with Crippen LogP contribution < -0.4 is 5.73 Å². The van der Waals surface area contributed by atoms with Crippen LogP contribution in [-0.4, -0.2) is 0 Å². The quantitative estimate of drug-likeness (QED) is 0.787. The van der Waals surface area contributed by atoms with Crippen LogP contribution in [0.4, 0.5) is 0 Å². The van der Waals surface area contributed by atoms with Gasteiger partial charge >= 0.3 is 0 Å². The first-order valence-electron chi connectivity index (χ1n) is 3.86. The van der Waals surface area contributed by atoms with Gasteiger partial charge in [-0.2, -0.15) is 0 Å². The molecule has 0 fully saturated rings. The van der Waals surface area contributed by atoms with E-state index in [1.807, 2.05) is 30.3 Å². The molecule has 0 saturated carbocycles. The molecule has 0 aromatic heterocycles. The zero-order valence-corrected chi connectivity index (χ0v) is 8.42. The average Bonchev–Trinajstić information content (AvgIpc) is 2.05. The molecule has 0 aliphatic heterocycles. The third kappa shape index (κ3) is 2.19. The zero-order valence-electron chi connectivity index (χ0n) is 6.83. The van der Waals surface area contributed by atoms with Crippen LogP contribution in [0.1, 0.15) is 18.0 Å². The molecular formula is C10H12BrN. The Labute approximate surface area is 81.4 Å². The number of halogens is 1. The number of hydrogen-bond donors (Lipinski definition) is 1. The maximum Gasteiger partial charge on any atom is 0.0340 e. The SMILES string of the molecule is C=CC[C@@H](N)c1ccccc1Br. The second kappa shape index (κ2) is 4.43. The lowest BCUT2D eigenvalue weighted by Crippen LogP contribution is -2.09. The number of rotatable bonds is 3. The lowest BCUT2D eigenvalue weighted by atomic mass is 10.1. The largest absolute Gasteiger partial charge is 0.324 e. The van der Waals surface area contributed by atoms with Gasteiger partial charge in [-0.1, -0.05) is 40.2 Å². The summed E-state index contributed by atoms with van der Waals surface area (Å²) in [7, 11) is 0. The van der Waals surface area contributed by atoms with E-state index in [9.17, 15) is 0 Å². The van der Waals surface area contributed by atoms with Crippen molar-refractivity contribution in [3.63, 3.8) is 0 Å². The van der Waals surface area contributed by atoms with E-state index in [2.05, 4.69) is 22.5 Å². The molecule has 1 aromatic rings. The van der Waals surface area contributed by atoms with Crippen molar-refractivity contribution in [2.75, 3.05) is 0 Å². The van der Waals surface area contributed by atoms with Gasteiger partial charge in [0.05, 0.1) is 0 Å². The van der Waals surface area contributed by atoms with Crippen LogP contribution in [0.5, 0.6) is 0 Å². The van der Waals surface area contributed by atoms with Crippen LogP contribution in [0.25, 0.3) is 0 Å². The van der Waals surface area contributed by atoms with Gasteiger partial charge in [-0.3, -0.25) is 0 Å². The normalized spacial score (nSPS) is 12.5. The molecule has 2 heteroatoms. The fourth-order valence-corrected chi connectivity index (χ4v) is 1.66. The predicted molar refractivity (Wildman–Crippen MR) is 55.9 cm³/mol. The minimum atomic E-state index is 0.0538. The van der Waals surface area contributed by atoms with Gasteiger partial charge in [0.1, 0.15) is 0 Å². The molecular weight excluding hydrogens is 214 g/mol. The Hall–Kier alpha value is -0.600. The Morgan fingerprint density at radius 3 is 2.75 bits per heavy atom. The van der Waals surface area contributed by atoms with E-state index in [0.29, 0.717) is 0 Å². The monoisotopic (exact) mass is 225 g/mol. The molecule has 1 rings (SSSR count). The van der Waals surface area contributed by atoms with E-state index in [0.717, 1.165) is 16.5 Å². The highest BCUT2D eigenvalue weighted by molar-refractivity contribution is 9.10. The highest BCUT2D eigenvalue weighted by Gasteiger charge is 2.06. The van der Waals surface area contributed by atoms with Gasteiger partial charge in [0.2, 0.25) is 0 Å². The first-order valence-corrected chi connectivity index (χ1v) is 4.66. The van der Waals surface area contributed by atoms with Gasteiger partial charge in [-0.25, -0.2) is 0 Å². The lowest BCUT2D eigenvalue weighted by Gasteiger charge is -2.10. The highest BCUT2D eigenvalue weighted by Crippen LogP contribution is 2.23. The van der Waals surface area contributed by atoms with Crippen molar-refractivity contribution in [2.24, 2.45) is 5.73 Å². The Balaban J connectivity index is 2.86. The highest BCUT2D eigenvalue weighted by atomic mass is 79.9. The lowest BCUT2D eigenvalue weighted by molar-refractivity contribution is 0.738. The molecule has 1 nitrogen and oxygen atoms in total. The minimum absolute atomic E-state index is 0.0538. The molecule has 0 aliphatic carbocycles. The molecule has 1 atom stereocenters. The van der Waals surface area contributed by atoms with Crippen LogP contribution in [0.15, 0.2) is 41.4 Å². The van der Waals surface area contributed by atoms with Gasteiger partial charge in [0.25, 0.3) is 0 Å². The number of hydrogen-bond acceptors (Lipinski definition) is 1. The molecule has 64 valence electrons. The van der Waals surface area contributed by atoms with E-state index in [4.69, 9.17) is 5.73 Å². The van der Waals surface area contributed by atoms with Crippen molar-refractivity contribution < 1.29 is 0 Å². The maximum absolute atomic E-state index is 5.91. The molecule has 0 amide bonds. The fraction of sp³-hybridized carbons (Fsp3) is 0.200. The molecule has 2 N–H and O–H groups in total. The van der Waals surface area contributed by atoms with Gasteiger partial charge in [-0.15, -0.1) is 6.58 Å². The first kappa shape index (κ1) is 9.49. The van der Waals surface area contributed by atoms with E-state index in [1.54, 1.807) is 0 Å². The molecule has 0 aliphatic rings. The Morgan fingerprint density at radius 1 is 1.50 bits per heavy atom. The summed E-state index contributed by atoms with van der Waals surface area (Å²) in [5, 5.41) is 0. The summed E-state index contributed by atoms with van der Waals surface area (Å²) in [5.41, 5.74) is 7.04. The van der Waals surface area contributed by atoms with Crippen molar-refractivity contribution in [2.45, 2.75) is 12.5 Å². The Kier molecular flexibility index (Phi) is 3.50. The third-order valence-electron chi connectivity index (χ3n) is 1.73. The van der Waals surface area contributed by atoms with Gasteiger partial charge in [0.15, 0.2) is 0 Å². The number of nitrogens with two attached hydrogens (primary N) is 1. The minimum Gasteiger partial charge on any atom is -0.324 e. The maximum atomic E-state index is 5.91. The first-order chi connectivity index (χ1) is 5.75. The molecule has 0 spiro atoms. The summed E-state index contributed by atoms with van der Waals surface area (Å²) in [4.78, 5) is 0. The number of benzene rings is 1. The summed E-state index contributed by atoms with van der Waals surface area (Å²) in [6.07, 6.45) is 2.65. The summed E-state index contributed by atoms with van der Waals surface area (Å²) >= 11 is 3.45. The fourth-order valence-electron chi connectivity index (χ4n) is 1.08. The summed E-state index contributed by atoms with van der Waals surface area (Å²) in [5.74, 6) is 0. The summed E-state index contributed by atoms with van der Waals surface area (Å²) in [6, 6.07) is 8.05. The molecule has 0 radical (unpaired) electrons. The second-order valence-corrected chi connectivity index (χ2v) is 3.51. The van der Waals surface area contributed by atoms with Crippen LogP contribution >= 0.6 is 15.9 Å². The molecule has 0 bridgehead atoms. The van der Waals surface area contributed by atoms with Crippen molar-refractivity contribution in [3.8, 4) is 0 Å². The third-order valence-corrected chi connectivity index (χ3v) is 2.45. The predicted octanol–water partition coefficient (Wildman–Crippen LogP) is 3.03. The summed E-state index contributed by atoms with van der Waals surface area (Å²) < 4.78 is 1.07. The van der Waals surface area contributed by atoms with Crippen molar-refractivity contribution in [1.82, 2.24) is 0 Å². The van der Waals surface area contributed by atoms with E-state index >= 15 is 0 Å². The van der Waals surface area contributed by atoms with Gasteiger partial charge in [0, 0.05) is 10.5 Å². The van der Waals surface area contributed by atoms with E-state index in [1.165, 1.54) is 0 Å². The molecule has 12 heavy (non-hydrogen) atoms. The van der Waals surface area contributed by atoms with Crippen molar-refractivity contribution in [3.05, 3.63) is 47.0 Å². The van der Waals surface area contributed by atoms with Gasteiger partial charge < -0.3 is 5.73 Å². The van der Waals surface area contributed by atoms with E-state index in [-0.39, 0.29) is 6.04 Å². The van der Waals surface area contributed by atoms with E-state index < -0.39 is 0 Å². The van der Waals surface area contributed by atoms with Gasteiger partial charge in [-0.05, 0) is 18.1 Å². The summed E-state index contributed by atoms with van der Waals surface area (Å²) in [6.45, 7) is 3.66. The van der Waals surface area contributed by atoms with Crippen LogP contribution in [0.3, 0.4) is 0 Å². The molecule has 0 unspecified atom stereocenters.